The van der Waals surface area contributed by atoms with Crippen molar-refractivity contribution in [2.75, 3.05) is 13.2 Å². The third-order valence-corrected chi connectivity index (χ3v) is 6.21. The van der Waals surface area contributed by atoms with Gasteiger partial charge in [-0.25, -0.2) is 0 Å². The van der Waals surface area contributed by atoms with Gasteiger partial charge in [-0.2, -0.15) is 0 Å². The number of nitrogens with one attached hydrogen (secondary N) is 1. The fraction of sp³-hybridized carbons (Fsp3) is 0.650. The van der Waals surface area contributed by atoms with Crippen molar-refractivity contribution in [2.45, 2.75) is 51.1 Å². The SMILES string of the molecule is CC(NC(=O)C1CC2CCCC(C1)C2N)c1ccc2c(c1)OCCO2. The smallest absolute Gasteiger partial charge is 0.223 e. The molecule has 4 rings (SSSR count). The van der Waals surface area contributed by atoms with Crippen molar-refractivity contribution in [1.29, 1.82) is 0 Å². The molecule has 5 nitrogen and oxygen atoms in total. The van der Waals surface area contributed by atoms with E-state index in [0.29, 0.717) is 31.1 Å². The summed E-state index contributed by atoms with van der Waals surface area (Å²) in [6, 6.07) is 6.16. The predicted molar refractivity (Wildman–Crippen MR) is 95.5 cm³/mol. The van der Waals surface area contributed by atoms with Crippen LogP contribution < -0.4 is 20.5 Å². The largest absolute Gasteiger partial charge is 0.486 e. The van der Waals surface area contributed by atoms with Crippen molar-refractivity contribution in [2.24, 2.45) is 23.5 Å². The van der Waals surface area contributed by atoms with Crippen LogP contribution in [-0.4, -0.2) is 25.2 Å². The van der Waals surface area contributed by atoms with Crippen LogP contribution in [0.3, 0.4) is 0 Å². The van der Waals surface area contributed by atoms with Gasteiger partial charge in [-0.05, 0) is 62.1 Å². The van der Waals surface area contributed by atoms with Crippen LogP contribution in [0.2, 0.25) is 0 Å². The third kappa shape index (κ3) is 3.34. The van der Waals surface area contributed by atoms with Crippen LogP contribution in [0.25, 0.3) is 0 Å². The van der Waals surface area contributed by atoms with Gasteiger partial charge >= 0.3 is 0 Å². The number of nitrogens with two attached hydrogens (primary N) is 1. The standard InChI is InChI=1S/C20H28N2O3/c1-12(13-5-6-17-18(11-13)25-8-7-24-17)22-20(23)16-9-14-3-2-4-15(10-16)19(14)21/h5-6,11-12,14-16,19H,2-4,7-10,21H2,1H3,(H,22,23). The van der Waals surface area contributed by atoms with Crippen molar-refractivity contribution in [3.63, 3.8) is 0 Å². The molecule has 0 radical (unpaired) electrons. The Labute approximate surface area is 149 Å². The average Bonchev–Trinajstić information content (AvgIpc) is 2.61. The lowest BCUT2D eigenvalue weighted by Crippen LogP contribution is -2.49. The van der Waals surface area contributed by atoms with Crippen LogP contribution in [0.1, 0.15) is 50.6 Å². The Balaban J connectivity index is 1.40. The van der Waals surface area contributed by atoms with E-state index >= 15 is 0 Å². The first-order chi connectivity index (χ1) is 12.1. The molecule has 3 N–H and O–H groups in total. The molecule has 136 valence electrons. The molecule has 0 saturated heterocycles. The summed E-state index contributed by atoms with van der Waals surface area (Å²) < 4.78 is 11.2. The summed E-state index contributed by atoms with van der Waals surface area (Å²) in [5.41, 5.74) is 7.39. The summed E-state index contributed by atoms with van der Waals surface area (Å²) in [7, 11) is 0. The Morgan fingerprint density at radius 2 is 1.84 bits per heavy atom. The van der Waals surface area contributed by atoms with E-state index in [1.165, 1.54) is 19.3 Å². The highest BCUT2D eigenvalue weighted by Gasteiger charge is 2.40. The summed E-state index contributed by atoms with van der Waals surface area (Å²) in [5, 5.41) is 3.20. The number of ether oxygens (including phenoxy) is 2. The fourth-order valence-corrected chi connectivity index (χ4v) is 4.75. The maximum absolute atomic E-state index is 12.8. The van der Waals surface area contributed by atoms with Gasteiger partial charge in [0.05, 0.1) is 6.04 Å². The highest BCUT2D eigenvalue weighted by molar-refractivity contribution is 5.79. The van der Waals surface area contributed by atoms with E-state index in [1.807, 2.05) is 25.1 Å². The summed E-state index contributed by atoms with van der Waals surface area (Å²) in [4.78, 5) is 12.8. The maximum Gasteiger partial charge on any atom is 0.223 e. The van der Waals surface area contributed by atoms with Crippen LogP contribution in [0, 0.1) is 17.8 Å². The van der Waals surface area contributed by atoms with Gasteiger partial charge in [0, 0.05) is 12.0 Å². The zero-order chi connectivity index (χ0) is 17.4. The molecule has 0 spiro atoms. The molecule has 1 heterocycles. The molecule has 0 aromatic heterocycles. The molecule has 1 aromatic carbocycles. The van der Waals surface area contributed by atoms with Crippen LogP contribution in [-0.2, 0) is 4.79 Å². The first-order valence-electron chi connectivity index (χ1n) is 9.57. The van der Waals surface area contributed by atoms with E-state index in [9.17, 15) is 4.79 Å². The molecule has 1 aliphatic heterocycles. The molecule has 1 amide bonds. The lowest BCUT2D eigenvalue weighted by atomic mass is 9.65. The van der Waals surface area contributed by atoms with Gasteiger partial charge in [-0.15, -0.1) is 0 Å². The number of amides is 1. The Morgan fingerprint density at radius 1 is 1.16 bits per heavy atom. The van der Waals surface area contributed by atoms with Gasteiger partial charge in [0.25, 0.3) is 0 Å². The highest BCUT2D eigenvalue weighted by Crippen LogP contribution is 2.42. The lowest BCUT2D eigenvalue weighted by Gasteiger charge is -2.43. The van der Waals surface area contributed by atoms with E-state index in [2.05, 4.69) is 5.32 Å². The first-order valence-corrected chi connectivity index (χ1v) is 9.57. The maximum atomic E-state index is 12.8. The number of hydrogen-bond donors (Lipinski definition) is 2. The topological polar surface area (TPSA) is 73.6 Å². The normalized spacial score (nSPS) is 31.9. The summed E-state index contributed by atoms with van der Waals surface area (Å²) in [5.74, 6) is 2.87. The number of hydrogen-bond acceptors (Lipinski definition) is 4. The Bertz CT molecular complexity index is 634. The number of benzene rings is 1. The second-order valence-corrected chi connectivity index (χ2v) is 7.83. The minimum absolute atomic E-state index is 0.0428. The highest BCUT2D eigenvalue weighted by atomic mass is 16.6. The van der Waals surface area contributed by atoms with Gasteiger partial charge in [-0.3, -0.25) is 4.79 Å². The fourth-order valence-electron chi connectivity index (χ4n) is 4.75. The van der Waals surface area contributed by atoms with Gasteiger partial charge in [0.15, 0.2) is 11.5 Å². The quantitative estimate of drug-likeness (QED) is 0.884. The van der Waals surface area contributed by atoms with Crippen molar-refractivity contribution < 1.29 is 14.3 Å². The van der Waals surface area contributed by atoms with Crippen LogP contribution in [0.15, 0.2) is 18.2 Å². The van der Waals surface area contributed by atoms with E-state index in [-0.39, 0.29) is 17.9 Å². The molecule has 2 bridgehead atoms. The zero-order valence-electron chi connectivity index (χ0n) is 14.9. The Hall–Kier alpha value is -1.75. The van der Waals surface area contributed by atoms with Crippen LogP contribution in [0.5, 0.6) is 11.5 Å². The van der Waals surface area contributed by atoms with Crippen LogP contribution in [0.4, 0.5) is 0 Å². The van der Waals surface area contributed by atoms with E-state index in [0.717, 1.165) is 29.9 Å². The number of rotatable bonds is 3. The van der Waals surface area contributed by atoms with E-state index in [1.54, 1.807) is 0 Å². The average molecular weight is 344 g/mol. The minimum Gasteiger partial charge on any atom is -0.486 e. The lowest BCUT2D eigenvalue weighted by molar-refractivity contribution is -0.128. The van der Waals surface area contributed by atoms with Gasteiger partial charge in [0.2, 0.25) is 5.91 Å². The number of carbonyl (C=O) groups is 1. The monoisotopic (exact) mass is 344 g/mol. The third-order valence-electron chi connectivity index (χ3n) is 6.21. The van der Waals surface area contributed by atoms with Crippen LogP contribution >= 0.6 is 0 Å². The van der Waals surface area contributed by atoms with Gasteiger partial charge in [-0.1, -0.05) is 12.5 Å². The molecular weight excluding hydrogens is 316 g/mol. The van der Waals surface area contributed by atoms with Crippen molar-refractivity contribution in [3.8, 4) is 11.5 Å². The van der Waals surface area contributed by atoms with Gasteiger partial charge in [0.1, 0.15) is 13.2 Å². The second-order valence-electron chi connectivity index (χ2n) is 7.83. The molecule has 1 aromatic rings. The molecule has 25 heavy (non-hydrogen) atoms. The summed E-state index contributed by atoms with van der Waals surface area (Å²) in [6.45, 7) is 3.19. The molecule has 3 atom stereocenters. The number of carbonyl (C=O) groups excluding carboxylic acids is 1. The Kier molecular flexibility index (Phi) is 4.59. The van der Waals surface area contributed by atoms with Crippen molar-refractivity contribution in [3.05, 3.63) is 23.8 Å². The Morgan fingerprint density at radius 3 is 2.56 bits per heavy atom. The molecule has 5 heteroatoms. The molecule has 3 unspecified atom stereocenters. The molecule has 2 saturated carbocycles. The first kappa shape index (κ1) is 16.7. The zero-order valence-corrected chi connectivity index (χ0v) is 14.9. The van der Waals surface area contributed by atoms with Crippen molar-refractivity contribution >= 4 is 5.91 Å². The molecular formula is C20H28N2O3. The van der Waals surface area contributed by atoms with Crippen molar-refractivity contribution in [1.82, 2.24) is 5.32 Å². The summed E-state index contributed by atoms with van der Waals surface area (Å²) in [6.07, 6.45) is 5.51. The second kappa shape index (κ2) is 6.87. The van der Waals surface area contributed by atoms with E-state index < -0.39 is 0 Å². The summed E-state index contributed by atoms with van der Waals surface area (Å²) >= 11 is 0. The molecule has 2 aliphatic carbocycles. The molecule has 3 aliphatic rings. The van der Waals surface area contributed by atoms with Gasteiger partial charge < -0.3 is 20.5 Å². The van der Waals surface area contributed by atoms with E-state index in [4.69, 9.17) is 15.2 Å². The number of fused-ring (bicyclic) bond motifs is 3. The predicted octanol–water partition coefficient (Wildman–Crippen LogP) is 2.79. The minimum atomic E-state index is -0.0428. The molecule has 2 fully saturated rings.